The number of rotatable bonds is 5. The molecule has 0 radical (unpaired) electrons. The monoisotopic (exact) mass is 411 g/mol. The molecule has 4 rings (SSSR count). The number of hydrogen-bond acceptors (Lipinski definition) is 6. The normalized spacial score (nSPS) is 15.9. The Morgan fingerprint density at radius 2 is 2.14 bits per heavy atom. The summed E-state index contributed by atoms with van der Waals surface area (Å²) in [5, 5.41) is 15.8. The summed E-state index contributed by atoms with van der Waals surface area (Å²) in [5.41, 5.74) is 4.36. The zero-order valence-corrected chi connectivity index (χ0v) is 17.4. The number of nitrogens with one attached hydrogen (secondary N) is 1. The first-order chi connectivity index (χ1) is 13.6. The highest BCUT2D eigenvalue weighted by atomic mass is 32.2. The van der Waals surface area contributed by atoms with Crippen molar-refractivity contribution in [3.05, 3.63) is 59.2 Å². The van der Waals surface area contributed by atoms with Crippen LogP contribution in [0.1, 0.15) is 29.2 Å². The molecule has 8 heteroatoms. The molecule has 0 spiro atoms. The fourth-order valence-corrected chi connectivity index (χ4v) is 5.05. The Morgan fingerprint density at radius 3 is 3.04 bits per heavy atom. The molecule has 2 heterocycles. The first kappa shape index (κ1) is 19.0. The summed E-state index contributed by atoms with van der Waals surface area (Å²) >= 11 is 3.20. The Morgan fingerprint density at radius 1 is 1.29 bits per heavy atom. The molecule has 28 heavy (non-hydrogen) atoms. The lowest BCUT2D eigenvalue weighted by atomic mass is 10.0. The van der Waals surface area contributed by atoms with Gasteiger partial charge in [-0.2, -0.15) is 4.68 Å². The number of aromatic nitrogens is 4. The third-order valence-electron chi connectivity index (χ3n) is 4.66. The van der Waals surface area contributed by atoms with Gasteiger partial charge in [0.25, 0.3) is 0 Å². The van der Waals surface area contributed by atoms with E-state index in [0.717, 1.165) is 29.0 Å². The first-order valence-electron chi connectivity index (χ1n) is 9.12. The van der Waals surface area contributed by atoms with Gasteiger partial charge in [-0.1, -0.05) is 42.1 Å². The number of amides is 1. The van der Waals surface area contributed by atoms with Gasteiger partial charge in [-0.25, -0.2) is 0 Å². The van der Waals surface area contributed by atoms with E-state index in [0.29, 0.717) is 5.16 Å². The predicted octanol–water partition coefficient (Wildman–Crippen LogP) is 3.72. The minimum Gasteiger partial charge on any atom is -0.348 e. The van der Waals surface area contributed by atoms with Crippen LogP contribution in [0.25, 0.3) is 5.69 Å². The lowest BCUT2D eigenvalue weighted by molar-refractivity contribution is -0.119. The molecular formula is C20H21N5OS2. The van der Waals surface area contributed by atoms with Crippen LogP contribution in [-0.2, 0) is 4.79 Å². The van der Waals surface area contributed by atoms with Crippen LogP contribution in [-0.4, -0.2) is 37.6 Å². The molecule has 144 valence electrons. The zero-order chi connectivity index (χ0) is 19.5. The highest BCUT2D eigenvalue weighted by Gasteiger charge is 2.22. The Balaban J connectivity index is 1.43. The number of nitrogens with zero attached hydrogens (tertiary/aromatic N) is 4. The molecule has 1 atom stereocenters. The highest BCUT2D eigenvalue weighted by Crippen LogP contribution is 2.35. The first-order valence-corrected chi connectivity index (χ1v) is 11.1. The molecule has 1 aliphatic heterocycles. The molecule has 3 aromatic rings. The van der Waals surface area contributed by atoms with Crippen LogP contribution in [0, 0.1) is 13.8 Å². The number of aryl methyl sites for hydroxylation is 2. The fourth-order valence-electron chi connectivity index (χ4n) is 3.23. The molecule has 1 N–H and O–H groups in total. The van der Waals surface area contributed by atoms with Crippen LogP contribution in [0.4, 0.5) is 0 Å². The van der Waals surface area contributed by atoms with Crippen molar-refractivity contribution in [1.82, 2.24) is 25.5 Å². The van der Waals surface area contributed by atoms with Crippen molar-refractivity contribution in [1.29, 1.82) is 0 Å². The Hall–Kier alpha value is -2.32. The average Bonchev–Trinajstić information content (AvgIpc) is 3.17. The molecule has 6 nitrogen and oxygen atoms in total. The number of benzene rings is 2. The number of tetrazole rings is 1. The number of thioether (sulfide) groups is 2. The van der Waals surface area contributed by atoms with E-state index in [9.17, 15) is 4.79 Å². The maximum Gasteiger partial charge on any atom is 0.230 e. The van der Waals surface area contributed by atoms with E-state index < -0.39 is 0 Å². The lowest BCUT2D eigenvalue weighted by Crippen LogP contribution is -2.31. The van der Waals surface area contributed by atoms with Crippen LogP contribution in [0.15, 0.2) is 52.5 Å². The van der Waals surface area contributed by atoms with Crippen molar-refractivity contribution < 1.29 is 4.79 Å². The molecule has 2 aromatic carbocycles. The Bertz CT molecular complexity index is 1000. The van der Waals surface area contributed by atoms with E-state index in [4.69, 9.17) is 0 Å². The lowest BCUT2D eigenvalue weighted by Gasteiger charge is -2.25. The molecule has 1 aromatic heterocycles. The number of carbonyl (C=O) groups is 1. The van der Waals surface area contributed by atoms with Crippen molar-refractivity contribution >= 4 is 29.4 Å². The van der Waals surface area contributed by atoms with Gasteiger partial charge in [-0.3, -0.25) is 4.79 Å². The average molecular weight is 412 g/mol. The molecule has 0 saturated carbocycles. The molecule has 1 amide bonds. The largest absolute Gasteiger partial charge is 0.348 e. The molecular weight excluding hydrogens is 390 g/mol. The second-order valence-electron chi connectivity index (χ2n) is 6.75. The summed E-state index contributed by atoms with van der Waals surface area (Å²) in [5.74, 6) is 1.28. The van der Waals surface area contributed by atoms with E-state index in [-0.39, 0.29) is 17.7 Å². The van der Waals surface area contributed by atoms with Gasteiger partial charge in [-0.15, -0.1) is 16.9 Å². The SMILES string of the molecule is Cc1ccc(C)c(-n2nnnc2SCC(=O)N[C@@H]2CCSc3ccccc32)c1. The molecule has 1 aliphatic rings. The second kappa shape index (κ2) is 8.36. The van der Waals surface area contributed by atoms with Crippen molar-refractivity contribution in [3.8, 4) is 5.69 Å². The van der Waals surface area contributed by atoms with Crippen LogP contribution in [0.2, 0.25) is 0 Å². The molecule has 0 unspecified atom stereocenters. The number of hydrogen-bond donors (Lipinski definition) is 1. The van der Waals surface area contributed by atoms with Crippen LogP contribution in [0.3, 0.4) is 0 Å². The van der Waals surface area contributed by atoms with Gasteiger partial charge in [0.05, 0.1) is 17.5 Å². The summed E-state index contributed by atoms with van der Waals surface area (Å²) in [6, 6.07) is 14.5. The third-order valence-corrected chi connectivity index (χ3v) is 6.70. The fraction of sp³-hybridized carbons (Fsp3) is 0.300. The van der Waals surface area contributed by atoms with E-state index in [2.05, 4.69) is 39.0 Å². The Kier molecular flexibility index (Phi) is 5.68. The minimum atomic E-state index is -0.00721. The van der Waals surface area contributed by atoms with Gasteiger partial charge in [0.2, 0.25) is 11.1 Å². The molecule has 0 bridgehead atoms. The minimum absolute atomic E-state index is 0.00721. The van der Waals surface area contributed by atoms with Gasteiger partial charge in [0.15, 0.2) is 0 Å². The summed E-state index contributed by atoms with van der Waals surface area (Å²) in [4.78, 5) is 13.8. The van der Waals surface area contributed by atoms with Gasteiger partial charge in [0, 0.05) is 10.6 Å². The smallest absolute Gasteiger partial charge is 0.230 e. The van der Waals surface area contributed by atoms with Crippen molar-refractivity contribution in [2.45, 2.75) is 36.4 Å². The number of fused-ring (bicyclic) bond motifs is 1. The molecule has 0 fully saturated rings. The van der Waals surface area contributed by atoms with Gasteiger partial charge >= 0.3 is 0 Å². The van der Waals surface area contributed by atoms with E-state index in [1.807, 2.05) is 49.9 Å². The van der Waals surface area contributed by atoms with E-state index in [1.54, 1.807) is 4.68 Å². The van der Waals surface area contributed by atoms with E-state index in [1.165, 1.54) is 22.2 Å². The number of carbonyl (C=O) groups excluding carboxylic acids is 1. The molecule has 0 saturated heterocycles. The summed E-state index contributed by atoms with van der Waals surface area (Å²) in [6.45, 7) is 4.06. The van der Waals surface area contributed by atoms with Crippen molar-refractivity contribution in [3.63, 3.8) is 0 Å². The van der Waals surface area contributed by atoms with Gasteiger partial charge in [-0.05, 0) is 59.5 Å². The van der Waals surface area contributed by atoms with Crippen LogP contribution in [0.5, 0.6) is 0 Å². The third kappa shape index (κ3) is 4.07. The zero-order valence-electron chi connectivity index (χ0n) is 15.8. The Labute approximate surface area is 172 Å². The molecule has 0 aliphatic carbocycles. The summed E-state index contributed by atoms with van der Waals surface area (Å²) in [7, 11) is 0. The highest BCUT2D eigenvalue weighted by molar-refractivity contribution is 7.99. The van der Waals surface area contributed by atoms with Crippen LogP contribution >= 0.6 is 23.5 Å². The summed E-state index contributed by atoms with van der Waals surface area (Å²) < 4.78 is 1.70. The quantitative estimate of drug-likeness (QED) is 0.645. The van der Waals surface area contributed by atoms with E-state index >= 15 is 0 Å². The second-order valence-corrected chi connectivity index (χ2v) is 8.83. The van der Waals surface area contributed by atoms with Crippen molar-refractivity contribution in [2.24, 2.45) is 0 Å². The van der Waals surface area contributed by atoms with Gasteiger partial charge in [0.1, 0.15) is 0 Å². The van der Waals surface area contributed by atoms with Crippen LogP contribution < -0.4 is 5.32 Å². The maximum absolute atomic E-state index is 12.6. The summed E-state index contributed by atoms with van der Waals surface area (Å²) in [6.07, 6.45) is 0.943. The van der Waals surface area contributed by atoms with Crippen molar-refractivity contribution in [2.75, 3.05) is 11.5 Å². The standard InChI is InChI=1S/C20H21N5OS2/c1-13-7-8-14(2)17(11-13)25-20(22-23-24-25)28-12-19(26)21-16-9-10-27-18-6-4-3-5-15(16)18/h3-8,11,16H,9-10,12H2,1-2H3,(H,21,26)/t16-/m1/s1. The topological polar surface area (TPSA) is 72.7 Å². The maximum atomic E-state index is 12.6. The van der Waals surface area contributed by atoms with Gasteiger partial charge < -0.3 is 5.32 Å². The predicted molar refractivity (Wildman–Crippen MR) is 112 cm³/mol.